The molecular formula is C17H13NO4. The normalized spacial score (nSPS) is 10.6. The molecule has 0 spiro atoms. The fraction of sp³-hybridized carbons (Fsp3) is 0.0588. The highest BCUT2D eigenvalue weighted by molar-refractivity contribution is 6.15. The van der Waals surface area contributed by atoms with Crippen molar-refractivity contribution in [2.45, 2.75) is 0 Å². The highest BCUT2D eigenvalue weighted by Crippen LogP contribution is 2.32. The number of hydrogen-bond donors (Lipinski definition) is 2. The standard InChI is InChI=1S/C17H13NO4/c1-22-15-8-10-5-6-18-16(13(10)9-14(15)20)17(21)11-3-2-4-12(19)7-11/h2-9,19-20H,1H3. The topological polar surface area (TPSA) is 79.7 Å². The number of carbonyl (C=O) groups is 1. The number of fused-ring (bicyclic) bond motifs is 1. The zero-order valence-electron chi connectivity index (χ0n) is 11.8. The number of aromatic hydroxyl groups is 2. The number of carbonyl (C=O) groups excluding carboxylic acids is 1. The number of pyridine rings is 1. The van der Waals surface area contributed by atoms with E-state index in [1.165, 1.54) is 31.5 Å². The predicted octanol–water partition coefficient (Wildman–Crippen LogP) is 2.89. The zero-order chi connectivity index (χ0) is 15.7. The second-order valence-electron chi connectivity index (χ2n) is 4.78. The lowest BCUT2D eigenvalue weighted by molar-refractivity contribution is 0.103. The van der Waals surface area contributed by atoms with Gasteiger partial charge < -0.3 is 14.9 Å². The number of rotatable bonds is 3. The van der Waals surface area contributed by atoms with Crippen LogP contribution < -0.4 is 4.74 Å². The van der Waals surface area contributed by atoms with Gasteiger partial charge >= 0.3 is 0 Å². The zero-order valence-corrected chi connectivity index (χ0v) is 11.8. The lowest BCUT2D eigenvalue weighted by Gasteiger charge is -2.09. The molecule has 5 heteroatoms. The minimum Gasteiger partial charge on any atom is -0.508 e. The summed E-state index contributed by atoms with van der Waals surface area (Å²) in [5, 5.41) is 20.7. The van der Waals surface area contributed by atoms with Gasteiger partial charge in [-0.2, -0.15) is 0 Å². The molecule has 0 fully saturated rings. The average molecular weight is 295 g/mol. The van der Waals surface area contributed by atoms with Crippen LogP contribution in [0.25, 0.3) is 10.8 Å². The first-order chi connectivity index (χ1) is 10.6. The van der Waals surface area contributed by atoms with Crippen LogP contribution in [0.2, 0.25) is 0 Å². The van der Waals surface area contributed by atoms with Gasteiger partial charge in [0, 0.05) is 17.1 Å². The van der Waals surface area contributed by atoms with Crippen LogP contribution in [0.3, 0.4) is 0 Å². The first kappa shape index (κ1) is 13.9. The van der Waals surface area contributed by atoms with Crippen molar-refractivity contribution in [1.29, 1.82) is 0 Å². The summed E-state index contributed by atoms with van der Waals surface area (Å²) in [7, 11) is 1.46. The van der Waals surface area contributed by atoms with E-state index in [1.54, 1.807) is 24.3 Å². The Kier molecular flexibility index (Phi) is 3.39. The molecule has 0 aliphatic carbocycles. The van der Waals surface area contributed by atoms with E-state index in [0.717, 1.165) is 5.39 Å². The average Bonchev–Trinajstić information content (AvgIpc) is 2.53. The van der Waals surface area contributed by atoms with E-state index in [-0.39, 0.29) is 23.0 Å². The molecule has 0 saturated carbocycles. The van der Waals surface area contributed by atoms with E-state index in [9.17, 15) is 15.0 Å². The van der Waals surface area contributed by atoms with Crippen molar-refractivity contribution in [3.05, 3.63) is 59.9 Å². The monoisotopic (exact) mass is 295 g/mol. The van der Waals surface area contributed by atoms with Crippen molar-refractivity contribution in [2.75, 3.05) is 7.11 Å². The summed E-state index contributed by atoms with van der Waals surface area (Å²) in [4.78, 5) is 16.7. The molecule has 2 N–H and O–H groups in total. The van der Waals surface area contributed by atoms with Gasteiger partial charge in [0.25, 0.3) is 0 Å². The van der Waals surface area contributed by atoms with Gasteiger partial charge in [0.1, 0.15) is 11.4 Å². The number of hydrogen-bond acceptors (Lipinski definition) is 5. The lowest BCUT2D eigenvalue weighted by atomic mass is 10.0. The Balaban J connectivity index is 2.18. The molecule has 3 aromatic rings. The van der Waals surface area contributed by atoms with Crippen molar-refractivity contribution in [1.82, 2.24) is 4.98 Å². The molecule has 0 bridgehead atoms. The molecule has 5 nitrogen and oxygen atoms in total. The Labute approximate surface area is 126 Å². The number of ether oxygens (including phenoxy) is 1. The molecule has 0 saturated heterocycles. The highest BCUT2D eigenvalue weighted by atomic mass is 16.5. The van der Waals surface area contributed by atoms with E-state index in [2.05, 4.69) is 4.98 Å². The Bertz CT molecular complexity index is 874. The molecular weight excluding hydrogens is 282 g/mol. The first-order valence-corrected chi connectivity index (χ1v) is 6.59. The third-order valence-electron chi connectivity index (χ3n) is 3.39. The molecule has 2 aromatic carbocycles. The highest BCUT2D eigenvalue weighted by Gasteiger charge is 2.16. The summed E-state index contributed by atoms with van der Waals surface area (Å²) in [5.74, 6) is -0.0518. The third kappa shape index (κ3) is 2.33. The summed E-state index contributed by atoms with van der Waals surface area (Å²) < 4.78 is 5.07. The third-order valence-corrected chi connectivity index (χ3v) is 3.39. The Morgan fingerprint density at radius 1 is 1.14 bits per heavy atom. The van der Waals surface area contributed by atoms with Crippen LogP contribution in [0.1, 0.15) is 16.1 Å². The van der Waals surface area contributed by atoms with Crippen molar-refractivity contribution in [3.8, 4) is 17.2 Å². The Morgan fingerprint density at radius 2 is 1.95 bits per heavy atom. The van der Waals surface area contributed by atoms with E-state index >= 15 is 0 Å². The maximum absolute atomic E-state index is 12.6. The fourth-order valence-corrected chi connectivity index (χ4v) is 2.32. The lowest BCUT2D eigenvalue weighted by Crippen LogP contribution is -2.04. The summed E-state index contributed by atoms with van der Waals surface area (Å²) in [6, 6.07) is 10.9. The predicted molar refractivity (Wildman–Crippen MR) is 81.5 cm³/mol. The van der Waals surface area contributed by atoms with Gasteiger partial charge in [0.2, 0.25) is 5.78 Å². The number of aromatic nitrogens is 1. The van der Waals surface area contributed by atoms with Gasteiger partial charge in [0.15, 0.2) is 11.5 Å². The molecule has 3 rings (SSSR count). The molecule has 0 atom stereocenters. The molecule has 0 amide bonds. The van der Waals surface area contributed by atoms with Crippen LogP contribution in [-0.2, 0) is 0 Å². The Hall–Kier alpha value is -3.08. The quantitative estimate of drug-likeness (QED) is 0.726. The molecule has 0 aliphatic heterocycles. The van der Waals surface area contributed by atoms with Crippen LogP contribution >= 0.6 is 0 Å². The summed E-state index contributed by atoms with van der Waals surface area (Å²) in [5.41, 5.74) is 0.538. The van der Waals surface area contributed by atoms with E-state index < -0.39 is 0 Å². The first-order valence-electron chi connectivity index (χ1n) is 6.59. The van der Waals surface area contributed by atoms with Crippen molar-refractivity contribution < 1.29 is 19.7 Å². The van der Waals surface area contributed by atoms with Crippen molar-refractivity contribution in [3.63, 3.8) is 0 Å². The number of methoxy groups -OCH3 is 1. The Morgan fingerprint density at radius 3 is 2.68 bits per heavy atom. The van der Waals surface area contributed by atoms with Crippen LogP contribution in [0, 0.1) is 0 Å². The molecule has 0 unspecified atom stereocenters. The van der Waals surface area contributed by atoms with Crippen LogP contribution in [0.4, 0.5) is 0 Å². The number of phenolic OH excluding ortho intramolecular Hbond substituents is 2. The summed E-state index contributed by atoms with van der Waals surface area (Å²) in [6.07, 6.45) is 1.52. The second-order valence-corrected chi connectivity index (χ2v) is 4.78. The summed E-state index contributed by atoms with van der Waals surface area (Å²) >= 11 is 0. The van der Waals surface area contributed by atoms with Gasteiger partial charge in [0.05, 0.1) is 7.11 Å². The second kappa shape index (κ2) is 5.37. The molecule has 0 radical (unpaired) electrons. The molecule has 0 aliphatic rings. The van der Waals surface area contributed by atoms with Crippen LogP contribution in [-0.4, -0.2) is 28.1 Å². The van der Waals surface area contributed by atoms with Crippen molar-refractivity contribution >= 4 is 16.6 Å². The van der Waals surface area contributed by atoms with Gasteiger partial charge in [-0.25, -0.2) is 0 Å². The van der Waals surface area contributed by atoms with E-state index in [1.807, 2.05) is 0 Å². The largest absolute Gasteiger partial charge is 0.508 e. The number of benzene rings is 2. The minimum atomic E-state index is -0.328. The van der Waals surface area contributed by atoms with Gasteiger partial charge in [-0.05, 0) is 35.7 Å². The van der Waals surface area contributed by atoms with Gasteiger partial charge in [-0.1, -0.05) is 12.1 Å². The minimum absolute atomic E-state index is 0.00982. The summed E-state index contributed by atoms with van der Waals surface area (Å²) in [6.45, 7) is 0. The number of nitrogens with zero attached hydrogens (tertiary/aromatic N) is 1. The van der Waals surface area contributed by atoms with E-state index in [0.29, 0.717) is 16.7 Å². The maximum Gasteiger partial charge on any atom is 0.212 e. The van der Waals surface area contributed by atoms with Crippen molar-refractivity contribution in [2.24, 2.45) is 0 Å². The maximum atomic E-state index is 12.6. The molecule has 1 heterocycles. The molecule has 1 aromatic heterocycles. The molecule has 22 heavy (non-hydrogen) atoms. The number of ketones is 1. The fourth-order valence-electron chi connectivity index (χ4n) is 2.32. The van der Waals surface area contributed by atoms with Crippen LogP contribution in [0.5, 0.6) is 17.2 Å². The van der Waals surface area contributed by atoms with Gasteiger partial charge in [-0.3, -0.25) is 9.78 Å². The smallest absolute Gasteiger partial charge is 0.212 e. The van der Waals surface area contributed by atoms with Crippen LogP contribution in [0.15, 0.2) is 48.7 Å². The molecule has 110 valence electrons. The SMILES string of the molecule is COc1cc2ccnc(C(=O)c3cccc(O)c3)c2cc1O. The van der Waals surface area contributed by atoms with E-state index in [4.69, 9.17) is 4.74 Å². The van der Waals surface area contributed by atoms with Gasteiger partial charge in [-0.15, -0.1) is 0 Å². The number of phenols is 2.